The van der Waals surface area contributed by atoms with Gasteiger partial charge in [-0.2, -0.15) is 5.26 Å². The van der Waals surface area contributed by atoms with E-state index in [0.717, 1.165) is 18.4 Å². The van der Waals surface area contributed by atoms with Gasteiger partial charge in [-0.1, -0.05) is 32.9 Å². The van der Waals surface area contributed by atoms with E-state index in [9.17, 15) is 14.9 Å². The largest absolute Gasteiger partial charge is 0.452 e. The zero-order valence-electron chi connectivity index (χ0n) is 14.7. The van der Waals surface area contributed by atoms with Crippen molar-refractivity contribution >= 4 is 11.9 Å². The third-order valence-corrected chi connectivity index (χ3v) is 4.35. The summed E-state index contributed by atoms with van der Waals surface area (Å²) < 4.78 is 5.05. The number of nitrogens with one attached hydrogen (secondary N) is 1. The van der Waals surface area contributed by atoms with Gasteiger partial charge in [-0.15, -0.1) is 0 Å². The number of carbonyl (C=O) groups is 2. The summed E-state index contributed by atoms with van der Waals surface area (Å²) in [5.41, 5.74) is 0.650. The van der Waals surface area contributed by atoms with E-state index in [1.165, 1.54) is 0 Å². The maximum absolute atomic E-state index is 12.0. The van der Waals surface area contributed by atoms with E-state index in [4.69, 9.17) is 4.74 Å². The van der Waals surface area contributed by atoms with Crippen LogP contribution in [0.5, 0.6) is 0 Å². The van der Waals surface area contributed by atoms with Crippen LogP contribution in [0.2, 0.25) is 0 Å². The Morgan fingerprint density at radius 3 is 2.25 bits per heavy atom. The van der Waals surface area contributed by atoms with Crippen LogP contribution in [-0.4, -0.2) is 24.0 Å². The molecular formula is C19H24N2O3. The fourth-order valence-electron chi connectivity index (χ4n) is 2.53. The first-order valence-corrected chi connectivity index (χ1v) is 8.15. The van der Waals surface area contributed by atoms with Crippen molar-refractivity contribution in [1.29, 1.82) is 5.26 Å². The average Bonchev–Trinajstić information content (AvgIpc) is 3.37. The minimum Gasteiger partial charge on any atom is -0.452 e. The standard InChI is InChI=1S/C19H24N2O3/c1-18(2,3)14-7-5-13(6-8-14)17(23)24-11-16(22)21-19(4,12-20)15-9-10-15/h5-8,15H,9-11H2,1-4H3,(H,21,22)/t19-/m0/s1. The number of ether oxygens (including phenoxy) is 1. The first-order chi connectivity index (χ1) is 11.2. The van der Waals surface area contributed by atoms with Crippen molar-refractivity contribution < 1.29 is 14.3 Å². The minimum atomic E-state index is -0.877. The minimum absolute atomic E-state index is 0.00683. The fraction of sp³-hybridized carbons (Fsp3) is 0.526. The summed E-state index contributed by atoms with van der Waals surface area (Å²) in [4.78, 5) is 24.0. The maximum Gasteiger partial charge on any atom is 0.338 e. The van der Waals surface area contributed by atoms with Crippen molar-refractivity contribution in [1.82, 2.24) is 5.32 Å². The number of rotatable bonds is 5. The Labute approximate surface area is 143 Å². The quantitative estimate of drug-likeness (QED) is 0.843. The average molecular weight is 328 g/mol. The summed E-state index contributed by atoms with van der Waals surface area (Å²) in [7, 11) is 0. The van der Waals surface area contributed by atoms with E-state index >= 15 is 0 Å². The second-order valence-electron chi connectivity index (χ2n) is 7.54. The van der Waals surface area contributed by atoms with Gasteiger partial charge in [-0.05, 0) is 48.8 Å². The first-order valence-electron chi connectivity index (χ1n) is 8.15. The van der Waals surface area contributed by atoms with Crippen LogP contribution in [-0.2, 0) is 14.9 Å². The highest BCUT2D eigenvalue weighted by atomic mass is 16.5. The molecule has 5 heteroatoms. The van der Waals surface area contributed by atoms with E-state index in [1.54, 1.807) is 19.1 Å². The van der Waals surface area contributed by atoms with E-state index < -0.39 is 17.4 Å². The Bertz CT molecular complexity index is 663. The highest BCUT2D eigenvalue weighted by Crippen LogP contribution is 2.39. The molecule has 1 aliphatic carbocycles. The lowest BCUT2D eigenvalue weighted by Gasteiger charge is -2.22. The van der Waals surface area contributed by atoms with Crippen LogP contribution in [0.4, 0.5) is 0 Å². The molecule has 0 unspecified atom stereocenters. The molecule has 5 nitrogen and oxygen atoms in total. The zero-order valence-corrected chi connectivity index (χ0v) is 14.7. The molecule has 1 aromatic carbocycles. The maximum atomic E-state index is 12.0. The number of hydrogen-bond acceptors (Lipinski definition) is 4. The topological polar surface area (TPSA) is 79.2 Å². The van der Waals surface area contributed by atoms with Crippen molar-refractivity contribution in [2.45, 2.75) is 51.5 Å². The Hall–Kier alpha value is -2.35. The second kappa shape index (κ2) is 6.64. The molecule has 1 amide bonds. The Morgan fingerprint density at radius 1 is 1.21 bits per heavy atom. The van der Waals surface area contributed by atoms with Crippen molar-refractivity contribution in [2.24, 2.45) is 5.92 Å². The number of esters is 1. The van der Waals surface area contributed by atoms with Gasteiger partial charge in [0.05, 0.1) is 11.6 Å². The molecular weight excluding hydrogens is 304 g/mol. The lowest BCUT2D eigenvalue weighted by molar-refractivity contribution is -0.125. The molecule has 0 heterocycles. The van der Waals surface area contributed by atoms with Crippen molar-refractivity contribution in [3.8, 4) is 6.07 Å². The van der Waals surface area contributed by atoms with Crippen LogP contribution in [0.25, 0.3) is 0 Å². The zero-order chi connectivity index (χ0) is 18.0. The van der Waals surface area contributed by atoms with Gasteiger partial charge in [0, 0.05) is 0 Å². The molecule has 1 aromatic rings. The Balaban J connectivity index is 1.89. The molecule has 1 N–H and O–H groups in total. The number of amides is 1. The number of nitriles is 1. The SMILES string of the molecule is CC(C)(C)c1ccc(C(=O)OCC(=O)N[C@@](C)(C#N)C2CC2)cc1. The molecule has 128 valence electrons. The van der Waals surface area contributed by atoms with Crippen molar-refractivity contribution in [3.63, 3.8) is 0 Å². The number of benzene rings is 1. The van der Waals surface area contributed by atoms with Gasteiger partial charge < -0.3 is 10.1 Å². The third kappa shape index (κ3) is 4.35. The van der Waals surface area contributed by atoms with Gasteiger partial charge in [0.1, 0.15) is 5.54 Å². The predicted molar refractivity (Wildman–Crippen MR) is 90.3 cm³/mol. The summed E-state index contributed by atoms with van der Waals surface area (Å²) >= 11 is 0. The van der Waals surface area contributed by atoms with Gasteiger partial charge in [-0.25, -0.2) is 4.79 Å². The van der Waals surface area contributed by atoms with Crippen LogP contribution < -0.4 is 5.32 Å². The summed E-state index contributed by atoms with van der Waals surface area (Å²) in [5.74, 6) is -0.812. The highest BCUT2D eigenvalue weighted by Gasteiger charge is 2.43. The lowest BCUT2D eigenvalue weighted by atomic mass is 9.87. The Morgan fingerprint density at radius 2 is 1.79 bits per heavy atom. The molecule has 0 bridgehead atoms. The molecule has 24 heavy (non-hydrogen) atoms. The monoisotopic (exact) mass is 328 g/mol. The van der Waals surface area contributed by atoms with Crippen LogP contribution >= 0.6 is 0 Å². The summed E-state index contributed by atoms with van der Waals surface area (Å²) in [6.45, 7) is 7.60. The van der Waals surface area contributed by atoms with Crippen LogP contribution in [0.15, 0.2) is 24.3 Å². The molecule has 0 spiro atoms. The molecule has 0 aromatic heterocycles. The van der Waals surface area contributed by atoms with Crippen LogP contribution in [0.1, 0.15) is 56.5 Å². The van der Waals surface area contributed by atoms with Crippen LogP contribution in [0, 0.1) is 17.2 Å². The molecule has 1 atom stereocenters. The molecule has 1 fully saturated rings. The molecule has 1 saturated carbocycles. The van der Waals surface area contributed by atoms with E-state index in [1.807, 2.05) is 12.1 Å². The third-order valence-electron chi connectivity index (χ3n) is 4.35. The predicted octanol–water partition coefficient (Wildman–Crippen LogP) is 2.95. The first kappa shape index (κ1) is 18.0. The van der Waals surface area contributed by atoms with Crippen LogP contribution in [0.3, 0.4) is 0 Å². The van der Waals surface area contributed by atoms with Crippen molar-refractivity contribution in [3.05, 3.63) is 35.4 Å². The van der Waals surface area contributed by atoms with E-state index in [-0.39, 0.29) is 17.9 Å². The molecule has 2 rings (SSSR count). The summed E-state index contributed by atoms with van der Waals surface area (Å²) in [6, 6.07) is 9.31. The lowest BCUT2D eigenvalue weighted by Crippen LogP contribution is -2.48. The number of hydrogen-bond donors (Lipinski definition) is 1. The van der Waals surface area contributed by atoms with Gasteiger partial charge >= 0.3 is 5.97 Å². The summed E-state index contributed by atoms with van der Waals surface area (Å²) in [5, 5.41) is 11.9. The van der Waals surface area contributed by atoms with Gasteiger partial charge in [0.25, 0.3) is 5.91 Å². The smallest absolute Gasteiger partial charge is 0.338 e. The molecule has 0 aliphatic heterocycles. The van der Waals surface area contributed by atoms with E-state index in [0.29, 0.717) is 5.56 Å². The normalized spacial score (nSPS) is 16.6. The van der Waals surface area contributed by atoms with Gasteiger partial charge in [-0.3, -0.25) is 4.79 Å². The Kier molecular flexibility index (Phi) is 4.98. The highest BCUT2D eigenvalue weighted by molar-refractivity contribution is 5.91. The molecule has 1 aliphatic rings. The summed E-state index contributed by atoms with van der Waals surface area (Å²) in [6.07, 6.45) is 1.87. The van der Waals surface area contributed by atoms with Gasteiger partial charge in [0.2, 0.25) is 0 Å². The number of carbonyl (C=O) groups excluding carboxylic acids is 2. The fourth-order valence-corrected chi connectivity index (χ4v) is 2.53. The second-order valence-corrected chi connectivity index (χ2v) is 7.54. The molecule has 0 radical (unpaired) electrons. The van der Waals surface area contributed by atoms with Crippen molar-refractivity contribution in [2.75, 3.05) is 6.61 Å². The van der Waals surface area contributed by atoms with E-state index in [2.05, 4.69) is 32.2 Å². The number of nitrogens with zero attached hydrogens (tertiary/aromatic N) is 1. The molecule has 0 saturated heterocycles. The van der Waals surface area contributed by atoms with Gasteiger partial charge in [0.15, 0.2) is 6.61 Å².